The number of ether oxygens (including phenoxy) is 1. The minimum atomic E-state index is -0.687. The molecule has 1 heterocycles. The SMILES string of the molecule is C=C1NC(=O)N[C@H](c2cccc(Cl)c2)[C@@H]1C(=O)OCCCCC. The van der Waals surface area contributed by atoms with E-state index >= 15 is 0 Å². The molecule has 2 amide bonds. The molecule has 124 valence electrons. The fraction of sp³-hybridized carbons (Fsp3) is 0.412. The summed E-state index contributed by atoms with van der Waals surface area (Å²) in [5.41, 5.74) is 1.07. The van der Waals surface area contributed by atoms with Gasteiger partial charge in [0.05, 0.1) is 12.6 Å². The van der Waals surface area contributed by atoms with Crippen LogP contribution in [0, 0.1) is 5.92 Å². The van der Waals surface area contributed by atoms with E-state index in [1.807, 2.05) is 6.07 Å². The number of rotatable bonds is 6. The Morgan fingerprint density at radius 2 is 2.17 bits per heavy atom. The lowest BCUT2D eigenvalue weighted by Gasteiger charge is -2.33. The van der Waals surface area contributed by atoms with Crippen LogP contribution in [0.15, 0.2) is 36.5 Å². The lowest BCUT2D eigenvalue weighted by atomic mass is 9.89. The second kappa shape index (κ2) is 8.02. The first-order valence-corrected chi connectivity index (χ1v) is 8.09. The van der Waals surface area contributed by atoms with Gasteiger partial charge in [-0.3, -0.25) is 4.79 Å². The second-order valence-electron chi connectivity index (χ2n) is 5.51. The fourth-order valence-corrected chi connectivity index (χ4v) is 2.75. The Balaban J connectivity index is 2.16. The van der Waals surface area contributed by atoms with E-state index in [4.69, 9.17) is 16.3 Å². The number of nitrogens with one attached hydrogen (secondary N) is 2. The van der Waals surface area contributed by atoms with Gasteiger partial charge in [-0.05, 0) is 24.1 Å². The molecular formula is C17H21ClN2O3. The van der Waals surface area contributed by atoms with Crippen LogP contribution in [-0.4, -0.2) is 18.6 Å². The lowest BCUT2D eigenvalue weighted by molar-refractivity contribution is -0.148. The maximum atomic E-state index is 12.4. The number of amides is 2. The molecule has 5 nitrogen and oxygen atoms in total. The molecule has 1 fully saturated rings. The van der Waals surface area contributed by atoms with E-state index in [9.17, 15) is 9.59 Å². The van der Waals surface area contributed by atoms with Crippen LogP contribution in [0.25, 0.3) is 0 Å². The van der Waals surface area contributed by atoms with Crippen molar-refractivity contribution in [3.63, 3.8) is 0 Å². The van der Waals surface area contributed by atoms with Crippen molar-refractivity contribution in [1.82, 2.24) is 10.6 Å². The Morgan fingerprint density at radius 1 is 1.39 bits per heavy atom. The van der Waals surface area contributed by atoms with Crippen molar-refractivity contribution in [2.45, 2.75) is 32.2 Å². The van der Waals surface area contributed by atoms with Crippen molar-refractivity contribution in [3.8, 4) is 0 Å². The number of hydrogen-bond acceptors (Lipinski definition) is 3. The van der Waals surface area contributed by atoms with Crippen LogP contribution in [0.4, 0.5) is 4.79 Å². The smallest absolute Gasteiger partial charge is 0.319 e. The zero-order valence-electron chi connectivity index (χ0n) is 13.1. The summed E-state index contributed by atoms with van der Waals surface area (Å²) >= 11 is 6.02. The second-order valence-corrected chi connectivity index (χ2v) is 5.95. The molecule has 0 saturated carbocycles. The molecule has 0 aromatic heterocycles. The van der Waals surface area contributed by atoms with Crippen molar-refractivity contribution in [1.29, 1.82) is 0 Å². The largest absolute Gasteiger partial charge is 0.465 e. The molecular weight excluding hydrogens is 316 g/mol. The maximum Gasteiger partial charge on any atom is 0.319 e. The number of unbranched alkanes of at least 4 members (excludes halogenated alkanes) is 2. The van der Waals surface area contributed by atoms with Gasteiger partial charge in [0.1, 0.15) is 5.92 Å². The molecule has 0 spiro atoms. The maximum absolute atomic E-state index is 12.4. The first-order chi connectivity index (χ1) is 11.0. The van der Waals surface area contributed by atoms with Crippen LogP contribution in [0.1, 0.15) is 37.8 Å². The molecule has 0 aliphatic carbocycles. The third-order valence-corrected chi connectivity index (χ3v) is 3.96. The Labute approximate surface area is 141 Å². The van der Waals surface area contributed by atoms with Gasteiger partial charge in [0.15, 0.2) is 0 Å². The number of halogens is 1. The molecule has 23 heavy (non-hydrogen) atoms. The summed E-state index contributed by atoms with van der Waals surface area (Å²) in [7, 11) is 0. The minimum Gasteiger partial charge on any atom is -0.465 e. The average molecular weight is 337 g/mol. The van der Waals surface area contributed by atoms with Crippen LogP contribution >= 0.6 is 11.6 Å². The molecule has 2 atom stereocenters. The van der Waals surface area contributed by atoms with E-state index in [1.165, 1.54) is 0 Å². The monoisotopic (exact) mass is 336 g/mol. The highest BCUT2D eigenvalue weighted by molar-refractivity contribution is 6.30. The Bertz CT molecular complexity index is 603. The molecule has 1 saturated heterocycles. The Kier molecular flexibility index (Phi) is 6.04. The molecule has 1 aliphatic rings. The molecule has 0 unspecified atom stereocenters. The standard InChI is InChI=1S/C17H21ClN2O3/c1-3-4-5-9-23-16(21)14-11(2)19-17(22)20-15(14)12-7-6-8-13(18)10-12/h6-8,10,14-15H,2-5,9H2,1H3,(H2,19,20,22)/t14-,15-/m1/s1. The topological polar surface area (TPSA) is 67.4 Å². The molecule has 0 bridgehead atoms. The molecule has 2 rings (SSSR count). The van der Waals surface area contributed by atoms with Gasteiger partial charge in [-0.1, -0.05) is 50.1 Å². The molecule has 1 aromatic rings. The lowest BCUT2D eigenvalue weighted by Crippen LogP contribution is -2.51. The number of hydrogen-bond donors (Lipinski definition) is 2. The fourth-order valence-electron chi connectivity index (χ4n) is 2.55. The first kappa shape index (κ1) is 17.3. The van der Waals surface area contributed by atoms with Crippen molar-refractivity contribution in [3.05, 3.63) is 47.1 Å². The van der Waals surface area contributed by atoms with E-state index in [-0.39, 0.29) is 0 Å². The zero-order valence-corrected chi connectivity index (χ0v) is 13.9. The van der Waals surface area contributed by atoms with Gasteiger partial charge in [0, 0.05) is 10.7 Å². The quantitative estimate of drug-likeness (QED) is 0.616. The van der Waals surface area contributed by atoms with Gasteiger partial charge >= 0.3 is 12.0 Å². The number of esters is 1. The number of carbonyl (C=O) groups is 2. The number of carbonyl (C=O) groups excluding carboxylic acids is 2. The van der Waals surface area contributed by atoms with Gasteiger partial charge in [-0.15, -0.1) is 0 Å². The third-order valence-electron chi connectivity index (χ3n) is 3.72. The average Bonchev–Trinajstić information content (AvgIpc) is 2.50. The third kappa shape index (κ3) is 4.48. The summed E-state index contributed by atoms with van der Waals surface area (Å²) < 4.78 is 5.35. The summed E-state index contributed by atoms with van der Waals surface area (Å²) in [6.07, 6.45) is 2.88. The highest BCUT2D eigenvalue weighted by Gasteiger charge is 2.38. The highest BCUT2D eigenvalue weighted by Crippen LogP contribution is 2.31. The molecule has 0 radical (unpaired) electrons. The van der Waals surface area contributed by atoms with Crippen molar-refractivity contribution >= 4 is 23.6 Å². The van der Waals surface area contributed by atoms with E-state index in [0.717, 1.165) is 24.8 Å². The van der Waals surface area contributed by atoms with Gasteiger partial charge in [-0.2, -0.15) is 0 Å². The van der Waals surface area contributed by atoms with Crippen molar-refractivity contribution < 1.29 is 14.3 Å². The van der Waals surface area contributed by atoms with E-state index in [1.54, 1.807) is 18.2 Å². The minimum absolute atomic E-state index is 0.333. The predicted octanol–water partition coefficient (Wildman–Crippen LogP) is 3.56. The summed E-state index contributed by atoms with van der Waals surface area (Å²) in [4.78, 5) is 24.2. The summed E-state index contributed by atoms with van der Waals surface area (Å²) in [6, 6.07) is 6.11. The van der Waals surface area contributed by atoms with Crippen LogP contribution < -0.4 is 10.6 Å². The Morgan fingerprint density at radius 3 is 2.87 bits per heavy atom. The zero-order chi connectivity index (χ0) is 16.8. The molecule has 6 heteroatoms. The van der Waals surface area contributed by atoms with Gasteiger partial charge < -0.3 is 15.4 Å². The van der Waals surface area contributed by atoms with Gasteiger partial charge in [-0.25, -0.2) is 4.79 Å². The van der Waals surface area contributed by atoms with E-state index in [2.05, 4.69) is 24.1 Å². The van der Waals surface area contributed by atoms with Gasteiger partial charge in [0.25, 0.3) is 0 Å². The van der Waals surface area contributed by atoms with Crippen molar-refractivity contribution in [2.75, 3.05) is 6.61 Å². The summed E-state index contributed by atoms with van der Waals surface area (Å²) in [5.74, 6) is -1.09. The van der Waals surface area contributed by atoms with Crippen LogP contribution in [-0.2, 0) is 9.53 Å². The predicted molar refractivity (Wildman–Crippen MR) is 89.0 cm³/mol. The number of benzene rings is 1. The van der Waals surface area contributed by atoms with Crippen LogP contribution in [0.3, 0.4) is 0 Å². The summed E-state index contributed by atoms with van der Waals surface area (Å²) in [6.45, 7) is 6.25. The molecule has 2 N–H and O–H groups in total. The highest BCUT2D eigenvalue weighted by atomic mass is 35.5. The molecule has 1 aromatic carbocycles. The van der Waals surface area contributed by atoms with Crippen molar-refractivity contribution in [2.24, 2.45) is 5.92 Å². The first-order valence-electron chi connectivity index (χ1n) is 7.71. The normalized spacial score (nSPS) is 20.6. The van der Waals surface area contributed by atoms with Gasteiger partial charge in [0.2, 0.25) is 0 Å². The molecule has 1 aliphatic heterocycles. The summed E-state index contributed by atoms with van der Waals surface area (Å²) in [5, 5.41) is 5.84. The van der Waals surface area contributed by atoms with E-state index in [0.29, 0.717) is 17.3 Å². The van der Waals surface area contributed by atoms with Crippen LogP contribution in [0.5, 0.6) is 0 Å². The Hall–Kier alpha value is -2.01. The van der Waals surface area contributed by atoms with Crippen LogP contribution in [0.2, 0.25) is 5.02 Å². The number of urea groups is 1. The van der Waals surface area contributed by atoms with E-state index < -0.39 is 24.0 Å².